The summed E-state index contributed by atoms with van der Waals surface area (Å²) >= 11 is 5.95. The van der Waals surface area contributed by atoms with Crippen molar-refractivity contribution >= 4 is 28.3 Å². The summed E-state index contributed by atoms with van der Waals surface area (Å²) in [6, 6.07) is 11.5. The third-order valence-electron chi connectivity index (χ3n) is 2.68. The van der Waals surface area contributed by atoms with Crippen LogP contribution in [0.15, 0.2) is 42.6 Å². The number of pyridine rings is 1. The molecule has 1 aromatic carbocycles. The SMILES string of the molecule is Nc1ccc(-c2cc3cc(Cl)ccc3[nH]2)cn1. The van der Waals surface area contributed by atoms with Crippen molar-refractivity contribution in [3.63, 3.8) is 0 Å². The Labute approximate surface area is 103 Å². The summed E-state index contributed by atoms with van der Waals surface area (Å²) in [5, 5.41) is 1.82. The largest absolute Gasteiger partial charge is 0.384 e. The second-order valence-corrected chi connectivity index (χ2v) is 4.32. The van der Waals surface area contributed by atoms with Gasteiger partial charge in [0.05, 0.1) is 0 Å². The van der Waals surface area contributed by atoms with Crippen molar-refractivity contribution in [2.45, 2.75) is 0 Å². The molecule has 0 fully saturated rings. The van der Waals surface area contributed by atoms with Gasteiger partial charge in [-0.1, -0.05) is 11.6 Å². The molecule has 0 aliphatic heterocycles. The zero-order valence-corrected chi connectivity index (χ0v) is 9.70. The molecule has 0 aliphatic carbocycles. The fraction of sp³-hybridized carbons (Fsp3) is 0. The maximum Gasteiger partial charge on any atom is 0.123 e. The first-order chi connectivity index (χ1) is 8.22. The van der Waals surface area contributed by atoms with Crippen molar-refractivity contribution in [1.29, 1.82) is 0 Å². The molecule has 2 aromatic heterocycles. The molecule has 0 atom stereocenters. The molecule has 17 heavy (non-hydrogen) atoms. The molecule has 0 amide bonds. The van der Waals surface area contributed by atoms with Gasteiger partial charge >= 0.3 is 0 Å². The standard InChI is InChI=1S/C13H10ClN3/c14-10-2-3-11-9(5-10)6-12(17-11)8-1-4-13(15)16-7-8/h1-7,17H,(H2,15,16). The average molecular weight is 244 g/mol. The molecule has 3 aromatic rings. The minimum Gasteiger partial charge on any atom is -0.384 e. The van der Waals surface area contributed by atoms with E-state index in [1.165, 1.54) is 0 Å². The van der Waals surface area contributed by atoms with Crippen molar-refractivity contribution in [3.05, 3.63) is 47.6 Å². The molecule has 3 nitrogen and oxygen atoms in total. The van der Waals surface area contributed by atoms with Crippen LogP contribution in [0, 0.1) is 0 Å². The summed E-state index contributed by atoms with van der Waals surface area (Å²) in [4.78, 5) is 7.39. The molecular weight excluding hydrogens is 234 g/mol. The van der Waals surface area contributed by atoms with Gasteiger partial charge in [0.2, 0.25) is 0 Å². The number of nitrogens with zero attached hydrogens (tertiary/aromatic N) is 1. The molecule has 0 saturated heterocycles. The Morgan fingerprint density at radius 1 is 1.12 bits per heavy atom. The number of halogens is 1. The van der Waals surface area contributed by atoms with Crippen molar-refractivity contribution in [3.8, 4) is 11.3 Å². The monoisotopic (exact) mass is 243 g/mol. The minimum atomic E-state index is 0.521. The van der Waals surface area contributed by atoms with E-state index in [-0.39, 0.29) is 0 Å². The molecule has 3 N–H and O–H groups in total. The molecule has 0 saturated carbocycles. The fourth-order valence-corrected chi connectivity index (χ4v) is 2.00. The normalized spacial score (nSPS) is 10.9. The van der Waals surface area contributed by atoms with Gasteiger partial charge in [-0.2, -0.15) is 0 Å². The van der Waals surface area contributed by atoms with E-state index >= 15 is 0 Å². The minimum absolute atomic E-state index is 0.521. The molecule has 3 rings (SSSR count). The molecule has 0 bridgehead atoms. The maximum absolute atomic E-state index is 5.95. The highest BCUT2D eigenvalue weighted by atomic mass is 35.5. The lowest BCUT2D eigenvalue weighted by Gasteiger charge is -1.97. The summed E-state index contributed by atoms with van der Waals surface area (Å²) < 4.78 is 0. The van der Waals surface area contributed by atoms with E-state index in [0.717, 1.165) is 27.2 Å². The van der Waals surface area contributed by atoms with Gasteiger partial charge in [0, 0.05) is 33.4 Å². The van der Waals surface area contributed by atoms with Crippen LogP contribution < -0.4 is 5.73 Å². The number of hydrogen-bond donors (Lipinski definition) is 2. The molecular formula is C13H10ClN3. The van der Waals surface area contributed by atoms with Crippen LogP contribution in [0.1, 0.15) is 0 Å². The van der Waals surface area contributed by atoms with E-state index in [2.05, 4.69) is 16.0 Å². The number of aromatic amines is 1. The lowest BCUT2D eigenvalue weighted by atomic mass is 10.2. The van der Waals surface area contributed by atoms with Crippen LogP contribution in [0.25, 0.3) is 22.2 Å². The van der Waals surface area contributed by atoms with Gasteiger partial charge in [-0.05, 0) is 36.4 Å². The van der Waals surface area contributed by atoms with E-state index in [9.17, 15) is 0 Å². The van der Waals surface area contributed by atoms with Crippen molar-refractivity contribution in [2.24, 2.45) is 0 Å². The van der Waals surface area contributed by atoms with Gasteiger partial charge in [0.15, 0.2) is 0 Å². The molecule has 0 aliphatic rings. The lowest BCUT2D eigenvalue weighted by molar-refractivity contribution is 1.32. The quantitative estimate of drug-likeness (QED) is 0.688. The Kier molecular flexibility index (Phi) is 2.27. The van der Waals surface area contributed by atoms with E-state index in [0.29, 0.717) is 5.82 Å². The Balaban J connectivity index is 2.14. The molecule has 84 valence electrons. The zero-order valence-electron chi connectivity index (χ0n) is 8.94. The average Bonchev–Trinajstić information content (AvgIpc) is 2.72. The van der Waals surface area contributed by atoms with E-state index in [4.69, 9.17) is 17.3 Å². The fourth-order valence-electron chi connectivity index (χ4n) is 1.82. The number of nitrogens with one attached hydrogen (secondary N) is 1. The summed E-state index contributed by atoms with van der Waals surface area (Å²) in [6.07, 6.45) is 1.75. The van der Waals surface area contributed by atoms with E-state index in [1.807, 2.05) is 24.3 Å². The Morgan fingerprint density at radius 3 is 2.76 bits per heavy atom. The summed E-state index contributed by atoms with van der Waals surface area (Å²) in [5.74, 6) is 0.521. The van der Waals surface area contributed by atoms with Crippen LogP contribution in [0.4, 0.5) is 5.82 Å². The van der Waals surface area contributed by atoms with E-state index in [1.54, 1.807) is 12.3 Å². The second kappa shape index (κ2) is 3.79. The molecule has 0 radical (unpaired) electrons. The van der Waals surface area contributed by atoms with Gasteiger partial charge in [-0.3, -0.25) is 0 Å². The topological polar surface area (TPSA) is 54.7 Å². The summed E-state index contributed by atoms with van der Waals surface area (Å²) in [5.41, 5.74) is 8.63. The lowest BCUT2D eigenvalue weighted by Crippen LogP contribution is -1.88. The highest BCUT2D eigenvalue weighted by Gasteiger charge is 2.03. The van der Waals surface area contributed by atoms with Gasteiger partial charge in [-0.25, -0.2) is 4.98 Å². The maximum atomic E-state index is 5.95. The molecule has 2 heterocycles. The van der Waals surface area contributed by atoms with Crippen molar-refractivity contribution < 1.29 is 0 Å². The van der Waals surface area contributed by atoms with Crippen LogP contribution in [0.2, 0.25) is 5.02 Å². The summed E-state index contributed by atoms with van der Waals surface area (Å²) in [6.45, 7) is 0. The number of anilines is 1. The molecule has 0 unspecified atom stereocenters. The van der Waals surface area contributed by atoms with Crippen LogP contribution in [0.3, 0.4) is 0 Å². The number of H-pyrrole nitrogens is 1. The first-order valence-corrected chi connectivity index (χ1v) is 5.60. The van der Waals surface area contributed by atoms with Crippen molar-refractivity contribution in [1.82, 2.24) is 9.97 Å². The van der Waals surface area contributed by atoms with Gasteiger partial charge in [-0.15, -0.1) is 0 Å². The second-order valence-electron chi connectivity index (χ2n) is 3.89. The number of aromatic nitrogens is 2. The molecule has 4 heteroatoms. The van der Waals surface area contributed by atoms with Crippen molar-refractivity contribution in [2.75, 3.05) is 5.73 Å². The van der Waals surface area contributed by atoms with Crippen LogP contribution >= 0.6 is 11.6 Å². The van der Waals surface area contributed by atoms with Crippen LogP contribution in [0.5, 0.6) is 0 Å². The summed E-state index contributed by atoms with van der Waals surface area (Å²) in [7, 11) is 0. The first-order valence-electron chi connectivity index (χ1n) is 5.22. The molecule has 0 spiro atoms. The van der Waals surface area contributed by atoms with Gasteiger partial charge in [0.1, 0.15) is 5.82 Å². The number of rotatable bonds is 1. The number of nitrogens with two attached hydrogens (primary N) is 1. The van der Waals surface area contributed by atoms with Gasteiger partial charge < -0.3 is 10.7 Å². The van der Waals surface area contributed by atoms with Crippen LogP contribution in [-0.2, 0) is 0 Å². The highest BCUT2D eigenvalue weighted by molar-refractivity contribution is 6.31. The smallest absolute Gasteiger partial charge is 0.123 e. The number of fused-ring (bicyclic) bond motifs is 1. The number of benzene rings is 1. The third-order valence-corrected chi connectivity index (χ3v) is 2.92. The predicted octanol–water partition coefficient (Wildman–Crippen LogP) is 3.47. The number of hydrogen-bond acceptors (Lipinski definition) is 2. The Morgan fingerprint density at radius 2 is 2.00 bits per heavy atom. The zero-order chi connectivity index (χ0) is 11.8. The Bertz CT molecular complexity index is 671. The third kappa shape index (κ3) is 1.85. The Hall–Kier alpha value is -2.00. The number of nitrogen functional groups attached to an aromatic ring is 1. The predicted molar refractivity (Wildman–Crippen MR) is 71.0 cm³/mol. The van der Waals surface area contributed by atoms with Gasteiger partial charge in [0.25, 0.3) is 0 Å². The highest BCUT2D eigenvalue weighted by Crippen LogP contribution is 2.25. The first kappa shape index (κ1) is 10.2. The van der Waals surface area contributed by atoms with Crippen LogP contribution in [-0.4, -0.2) is 9.97 Å². The van der Waals surface area contributed by atoms with E-state index < -0.39 is 0 Å².